The van der Waals surface area contributed by atoms with Gasteiger partial charge in [-0.2, -0.15) is 81.8 Å². The van der Waals surface area contributed by atoms with E-state index in [1.54, 1.807) is 0 Å². The Kier molecular flexibility index (Phi) is 16.3. The van der Waals surface area contributed by atoms with Crippen LogP contribution in [-0.2, 0) is 47.2 Å². The van der Waals surface area contributed by atoms with Gasteiger partial charge in [-0.15, -0.1) is 10.4 Å². The molecule has 4 rings (SSSR count). The smallest absolute Gasteiger partial charge is 0.307 e. The fourth-order valence-corrected chi connectivity index (χ4v) is 7.52. The molecule has 0 aliphatic rings. The monoisotopic (exact) mass is 582 g/mol. The van der Waals surface area contributed by atoms with E-state index in [4.69, 9.17) is 22.2 Å². The maximum Gasteiger partial charge on any atom is 2.00 e. The summed E-state index contributed by atoms with van der Waals surface area (Å²) in [6, 6.07) is 32.5. The standard InChI is InChI=1S/C16H22Cl2N2Si.2C5H5.2Fe/c1-19(2)11-13-7-5-9-15(13)21(17,18)16-10-6-8-14(16)12-20(3)4;2*1-2-4-5-3-1;;/h5-10H,11-12H2,1-4H3;2*1-5H;;/q-2;2*-1;2*+2. The van der Waals surface area contributed by atoms with Crippen LogP contribution in [0.15, 0.2) is 97.1 Å². The van der Waals surface area contributed by atoms with Crippen molar-refractivity contribution in [3.05, 3.63) is 108 Å². The molecule has 4 aromatic carbocycles. The summed E-state index contributed by atoms with van der Waals surface area (Å²) in [5, 5.41) is 2.23. The van der Waals surface area contributed by atoms with Crippen molar-refractivity contribution in [2.75, 3.05) is 28.2 Å². The molecule has 0 spiro atoms. The Balaban J connectivity index is 0.000000701. The second-order valence-electron chi connectivity index (χ2n) is 7.90. The van der Waals surface area contributed by atoms with Crippen molar-refractivity contribution in [3.63, 3.8) is 0 Å². The van der Waals surface area contributed by atoms with Gasteiger partial charge in [0.1, 0.15) is 0 Å². The van der Waals surface area contributed by atoms with Crippen LogP contribution in [0.4, 0.5) is 0 Å². The summed E-state index contributed by atoms with van der Waals surface area (Å²) in [6.07, 6.45) is 0. The molecular weight excluding hydrogens is 551 g/mol. The zero-order chi connectivity index (χ0) is 22.7. The van der Waals surface area contributed by atoms with Crippen LogP contribution in [-0.4, -0.2) is 44.7 Å². The number of halogens is 2. The Morgan fingerprint density at radius 3 is 1.24 bits per heavy atom. The molecule has 4 aromatic rings. The first-order chi connectivity index (χ1) is 14.8. The minimum atomic E-state index is -2.68. The Bertz CT molecular complexity index is 832. The molecule has 0 amide bonds. The fourth-order valence-electron chi connectivity index (χ4n) is 3.27. The van der Waals surface area contributed by atoms with Crippen molar-refractivity contribution in [1.82, 2.24) is 9.80 Å². The largest absolute Gasteiger partial charge is 2.00 e. The fraction of sp³-hybridized carbons (Fsp3) is 0.231. The topological polar surface area (TPSA) is 6.48 Å². The minimum Gasteiger partial charge on any atom is -0.307 e. The summed E-state index contributed by atoms with van der Waals surface area (Å²) in [6.45, 7) is -0.960. The third kappa shape index (κ3) is 11.0. The summed E-state index contributed by atoms with van der Waals surface area (Å²) in [4.78, 5) is 4.28. The van der Waals surface area contributed by atoms with Crippen LogP contribution in [0.3, 0.4) is 0 Å². The average molecular weight is 583 g/mol. The molecule has 0 aromatic heterocycles. The molecule has 33 heavy (non-hydrogen) atoms. The van der Waals surface area contributed by atoms with Gasteiger partial charge in [-0.3, -0.25) is 0 Å². The quantitative estimate of drug-likeness (QED) is 0.178. The SMILES string of the molecule is CN(C)Cc1ccc[c-]1[Si](Cl)(Cl)[c-]1cccc1CN(C)C.[Fe+2].[Fe+2].c1cc[cH-]c1.c1cc[cH-]c1. The molecule has 0 bridgehead atoms. The van der Waals surface area contributed by atoms with Gasteiger partial charge < -0.3 is 9.80 Å². The third-order valence-electron chi connectivity index (χ3n) is 4.57. The van der Waals surface area contributed by atoms with E-state index < -0.39 is 6.69 Å². The molecule has 0 aliphatic heterocycles. The van der Waals surface area contributed by atoms with Crippen molar-refractivity contribution in [3.8, 4) is 0 Å². The van der Waals surface area contributed by atoms with E-state index >= 15 is 0 Å². The van der Waals surface area contributed by atoms with Gasteiger partial charge in [0.25, 0.3) is 0 Å². The number of rotatable bonds is 6. The van der Waals surface area contributed by atoms with Gasteiger partial charge in [-0.1, -0.05) is 0 Å². The summed E-state index contributed by atoms with van der Waals surface area (Å²) < 4.78 is 0. The number of hydrogen-bond acceptors (Lipinski definition) is 2. The van der Waals surface area contributed by atoms with Crippen molar-refractivity contribution in [1.29, 1.82) is 0 Å². The summed E-state index contributed by atoms with van der Waals surface area (Å²) in [5.41, 5.74) is 2.46. The van der Waals surface area contributed by atoms with Crippen LogP contribution < -0.4 is 10.4 Å². The molecule has 180 valence electrons. The molecule has 0 aliphatic carbocycles. The molecule has 0 atom stereocenters. The van der Waals surface area contributed by atoms with E-state index in [0.29, 0.717) is 0 Å². The molecule has 2 nitrogen and oxygen atoms in total. The Hall–Kier alpha value is -0.844. The number of nitrogens with zero attached hydrogens (tertiary/aromatic N) is 2. The van der Waals surface area contributed by atoms with E-state index in [1.165, 1.54) is 11.1 Å². The number of hydrogen-bond donors (Lipinski definition) is 0. The zero-order valence-electron chi connectivity index (χ0n) is 19.5. The summed E-state index contributed by atoms with van der Waals surface area (Å²) in [7, 11) is 8.23. The van der Waals surface area contributed by atoms with Gasteiger partial charge in [-0.25, -0.2) is 48.5 Å². The molecule has 0 fully saturated rings. The van der Waals surface area contributed by atoms with Crippen LogP contribution >= 0.6 is 22.2 Å². The molecule has 0 N–H and O–H groups in total. The van der Waals surface area contributed by atoms with Gasteiger partial charge in [0, 0.05) is 0 Å². The van der Waals surface area contributed by atoms with E-state index in [2.05, 4.69) is 74.4 Å². The summed E-state index contributed by atoms with van der Waals surface area (Å²) in [5.74, 6) is 0. The van der Waals surface area contributed by atoms with Gasteiger partial charge in [0.15, 0.2) is 0 Å². The van der Waals surface area contributed by atoms with E-state index in [0.717, 1.165) is 23.5 Å². The van der Waals surface area contributed by atoms with Gasteiger partial charge >= 0.3 is 34.1 Å². The Morgan fingerprint density at radius 2 is 1.00 bits per heavy atom. The predicted octanol–water partition coefficient (Wildman–Crippen LogP) is 5.09. The molecular formula is C26H32Cl2Fe2N2Si. The van der Waals surface area contributed by atoms with E-state index in [9.17, 15) is 0 Å². The van der Waals surface area contributed by atoms with Crippen LogP contribution in [0.25, 0.3) is 0 Å². The molecule has 0 radical (unpaired) electrons. The van der Waals surface area contributed by atoms with Crippen molar-refractivity contribution >= 4 is 39.2 Å². The Morgan fingerprint density at radius 1 is 0.667 bits per heavy atom. The maximum absolute atomic E-state index is 6.91. The molecule has 0 heterocycles. The second kappa shape index (κ2) is 16.7. The molecule has 7 heteroatoms. The van der Waals surface area contributed by atoms with Crippen LogP contribution in [0, 0.1) is 0 Å². The normalized spacial score (nSPS) is 10.4. The molecule has 0 saturated carbocycles. The molecule has 0 saturated heterocycles. The van der Waals surface area contributed by atoms with Crippen molar-refractivity contribution in [2.45, 2.75) is 13.1 Å². The third-order valence-corrected chi connectivity index (χ3v) is 9.35. The van der Waals surface area contributed by atoms with Crippen LogP contribution in [0.5, 0.6) is 0 Å². The van der Waals surface area contributed by atoms with E-state index in [-0.39, 0.29) is 34.1 Å². The van der Waals surface area contributed by atoms with Gasteiger partial charge in [0.2, 0.25) is 6.69 Å². The zero-order valence-corrected chi connectivity index (χ0v) is 24.2. The van der Waals surface area contributed by atoms with Crippen molar-refractivity contribution < 1.29 is 34.1 Å². The Labute approximate surface area is 231 Å². The molecule has 0 unspecified atom stereocenters. The second-order valence-corrected chi connectivity index (χ2v) is 14.1. The minimum absolute atomic E-state index is 0. The average Bonchev–Trinajstić information content (AvgIpc) is 3.50. The predicted molar refractivity (Wildman–Crippen MR) is 140 cm³/mol. The van der Waals surface area contributed by atoms with Crippen molar-refractivity contribution in [2.24, 2.45) is 0 Å². The maximum atomic E-state index is 6.91. The van der Waals surface area contributed by atoms with Crippen LogP contribution in [0.2, 0.25) is 0 Å². The first kappa shape index (κ1) is 32.2. The first-order valence-corrected chi connectivity index (χ1v) is 14.4. The van der Waals surface area contributed by atoms with E-state index in [1.807, 2.05) is 60.7 Å². The summed E-state index contributed by atoms with van der Waals surface area (Å²) >= 11 is 13.8. The van der Waals surface area contributed by atoms with Gasteiger partial charge in [0.05, 0.1) is 0 Å². The van der Waals surface area contributed by atoms with Crippen LogP contribution in [0.1, 0.15) is 11.1 Å². The first-order valence-electron chi connectivity index (χ1n) is 10.3. The van der Waals surface area contributed by atoms with Gasteiger partial charge in [-0.05, 0) is 41.3 Å².